The number of carbonyl (C=O) groups is 1. The van der Waals surface area contributed by atoms with E-state index in [9.17, 15) is 9.18 Å². The van der Waals surface area contributed by atoms with Crippen molar-refractivity contribution in [1.82, 2.24) is 14.9 Å². The van der Waals surface area contributed by atoms with Crippen LogP contribution >= 0.6 is 0 Å². The van der Waals surface area contributed by atoms with Gasteiger partial charge in [0.25, 0.3) is 0 Å². The van der Waals surface area contributed by atoms with Crippen molar-refractivity contribution in [2.75, 3.05) is 36.0 Å². The molecule has 0 unspecified atom stereocenters. The van der Waals surface area contributed by atoms with Gasteiger partial charge in [-0.3, -0.25) is 4.79 Å². The lowest BCUT2D eigenvalue weighted by molar-refractivity contribution is -0.134. The number of carbonyl (C=O) groups excluding carboxylic acids is 1. The Bertz CT molecular complexity index is 618. The Balaban J connectivity index is 1.64. The zero-order valence-electron chi connectivity index (χ0n) is 13.4. The van der Waals surface area contributed by atoms with Crippen molar-refractivity contribution in [3.63, 3.8) is 0 Å². The van der Waals surface area contributed by atoms with Crippen LogP contribution in [0.3, 0.4) is 0 Å². The van der Waals surface area contributed by atoms with Crippen molar-refractivity contribution < 1.29 is 9.18 Å². The van der Waals surface area contributed by atoms with E-state index in [1.165, 1.54) is 6.20 Å². The zero-order valence-corrected chi connectivity index (χ0v) is 13.4. The van der Waals surface area contributed by atoms with Crippen LogP contribution in [0, 0.1) is 5.82 Å². The molecule has 7 heteroatoms. The predicted molar refractivity (Wildman–Crippen MR) is 85.0 cm³/mol. The Kier molecular flexibility index (Phi) is 3.58. The van der Waals surface area contributed by atoms with E-state index in [2.05, 4.69) is 9.97 Å². The van der Waals surface area contributed by atoms with E-state index in [4.69, 9.17) is 0 Å². The van der Waals surface area contributed by atoms with Crippen LogP contribution in [-0.4, -0.2) is 59.0 Å². The third-order valence-corrected chi connectivity index (χ3v) is 5.27. The first-order valence-corrected chi connectivity index (χ1v) is 8.50. The number of halogens is 1. The molecule has 23 heavy (non-hydrogen) atoms. The largest absolute Gasteiger partial charge is 0.354 e. The summed E-state index contributed by atoms with van der Waals surface area (Å²) < 4.78 is 14.1. The molecule has 0 aromatic carbocycles. The van der Waals surface area contributed by atoms with Gasteiger partial charge in [0.1, 0.15) is 6.04 Å². The molecule has 3 aliphatic heterocycles. The Morgan fingerprint density at radius 1 is 1.17 bits per heavy atom. The van der Waals surface area contributed by atoms with Crippen LogP contribution in [0.25, 0.3) is 0 Å². The average Bonchev–Trinajstić information content (AvgIpc) is 3.23. The van der Waals surface area contributed by atoms with E-state index in [-0.39, 0.29) is 23.8 Å². The second-order valence-corrected chi connectivity index (χ2v) is 6.69. The second kappa shape index (κ2) is 5.62. The molecule has 1 aromatic rings. The highest BCUT2D eigenvalue weighted by molar-refractivity contribution is 5.86. The van der Waals surface area contributed by atoms with Crippen LogP contribution in [0.15, 0.2) is 6.20 Å². The fraction of sp³-hybridized carbons (Fsp3) is 0.688. The lowest BCUT2D eigenvalue weighted by Crippen LogP contribution is -2.59. The van der Waals surface area contributed by atoms with Crippen LogP contribution in [0.2, 0.25) is 0 Å². The molecule has 0 bridgehead atoms. The molecule has 0 saturated carbocycles. The van der Waals surface area contributed by atoms with E-state index in [1.807, 2.05) is 21.6 Å². The van der Waals surface area contributed by atoms with Crippen molar-refractivity contribution in [3.05, 3.63) is 12.0 Å². The van der Waals surface area contributed by atoms with Crippen molar-refractivity contribution in [3.8, 4) is 0 Å². The first-order valence-electron chi connectivity index (χ1n) is 8.50. The van der Waals surface area contributed by atoms with Gasteiger partial charge in [-0.1, -0.05) is 0 Å². The lowest BCUT2D eigenvalue weighted by atomic mass is 10.1. The third-order valence-electron chi connectivity index (χ3n) is 5.27. The number of piperazine rings is 1. The molecule has 6 nitrogen and oxygen atoms in total. The summed E-state index contributed by atoms with van der Waals surface area (Å²) >= 11 is 0. The Morgan fingerprint density at radius 3 is 2.74 bits per heavy atom. The van der Waals surface area contributed by atoms with Crippen molar-refractivity contribution in [2.24, 2.45) is 0 Å². The van der Waals surface area contributed by atoms with Crippen LogP contribution < -0.4 is 9.80 Å². The fourth-order valence-electron chi connectivity index (χ4n) is 3.97. The Hall–Kier alpha value is -1.92. The number of rotatable bonds is 2. The van der Waals surface area contributed by atoms with Gasteiger partial charge in [0.15, 0.2) is 11.6 Å². The van der Waals surface area contributed by atoms with Crippen molar-refractivity contribution in [1.29, 1.82) is 0 Å². The van der Waals surface area contributed by atoms with Crippen LogP contribution in [-0.2, 0) is 4.79 Å². The standard InChI is InChI=1S/C16H22FN5O/c1-11-15(23)21-8-4-5-12(21)10-22(11)16-18-9-13(17)14(19-16)20-6-2-3-7-20/h9,11-12H,2-8,10H2,1H3/t11-,12+/m1/s1. The average molecular weight is 319 g/mol. The van der Waals surface area contributed by atoms with E-state index >= 15 is 0 Å². The molecule has 0 radical (unpaired) electrons. The predicted octanol–water partition coefficient (Wildman–Crippen LogP) is 1.42. The summed E-state index contributed by atoms with van der Waals surface area (Å²) in [5.74, 6) is 0.602. The maximum atomic E-state index is 14.1. The zero-order chi connectivity index (χ0) is 16.0. The topological polar surface area (TPSA) is 52.6 Å². The molecule has 1 amide bonds. The van der Waals surface area contributed by atoms with Gasteiger partial charge in [0.05, 0.1) is 6.20 Å². The van der Waals surface area contributed by atoms with Crippen molar-refractivity contribution in [2.45, 2.75) is 44.7 Å². The summed E-state index contributed by atoms with van der Waals surface area (Å²) in [4.78, 5) is 27.1. The van der Waals surface area contributed by atoms with Gasteiger partial charge in [-0.2, -0.15) is 4.98 Å². The van der Waals surface area contributed by atoms with Gasteiger partial charge in [0, 0.05) is 32.2 Å². The molecule has 3 fully saturated rings. The molecule has 4 heterocycles. The SMILES string of the molecule is C[C@@H]1C(=O)N2CCC[C@H]2CN1c1ncc(F)c(N2CCCC2)n1. The summed E-state index contributed by atoms with van der Waals surface area (Å²) in [7, 11) is 0. The number of hydrogen-bond acceptors (Lipinski definition) is 5. The lowest BCUT2D eigenvalue weighted by Gasteiger charge is -2.41. The monoisotopic (exact) mass is 319 g/mol. The molecule has 0 aliphatic carbocycles. The third kappa shape index (κ3) is 2.42. The number of anilines is 2. The molecular formula is C16H22FN5O. The van der Waals surface area contributed by atoms with E-state index < -0.39 is 0 Å². The molecule has 4 rings (SSSR count). The molecule has 1 aromatic heterocycles. The fourth-order valence-corrected chi connectivity index (χ4v) is 3.97. The van der Waals surface area contributed by atoms with Gasteiger partial charge in [-0.15, -0.1) is 0 Å². The van der Waals surface area contributed by atoms with E-state index in [0.29, 0.717) is 11.8 Å². The van der Waals surface area contributed by atoms with Gasteiger partial charge < -0.3 is 14.7 Å². The van der Waals surface area contributed by atoms with Gasteiger partial charge in [-0.25, -0.2) is 9.37 Å². The van der Waals surface area contributed by atoms with Gasteiger partial charge >= 0.3 is 0 Å². The van der Waals surface area contributed by atoms with E-state index in [0.717, 1.165) is 51.9 Å². The number of amides is 1. The van der Waals surface area contributed by atoms with Crippen LogP contribution in [0.1, 0.15) is 32.6 Å². The van der Waals surface area contributed by atoms with Gasteiger partial charge in [-0.05, 0) is 32.6 Å². The number of nitrogens with zero attached hydrogens (tertiary/aromatic N) is 5. The molecule has 3 aliphatic rings. The maximum absolute atomic E-state index is 14.1. The normalized spacial score (nSPS) is 27.7. The van der Waals surface area contributed by atoms with Crippen LogP contribution in [0.4, 0.5) is 16.2 Å². The van der Waals surface area contributed by atoms with Crippen LogP contribution in [0.5, 0.6) is 0 Å². The highest BCUT2D eigenvalue weighted by atomic mass is 19.1. The summed E-state index contributed by atoms with van der Waals surface area (Å²) in [6.45, 7) is 5.14. The van der Waals surface area contributed by atoms with Crippen molar-refractivity contribution >= 4 is 17.7 Å². The maximum Gasteiger partial charge on any atom is 0.245 e. The molecule has 2 atom stereocenters. The first-order chi connectivity index (χ1) is 11.1. The number of fused-ring (bicyclic) bond motifs is 1. The minimum Gasteiger partial charge on any atom is -0.354 e. The highest BCUT2D eigenvalue weighted by Crippen LogP contribution is 2.29. The molecular weight excluding hydrogens is 297 g/mol. The van der Waals surface area contributed by atoms with E-state index in [1.54, 1.807) is 0 Å². The molecule has 0 spiro atoms. The Labute approximate surface area is 135 Å². The summed E-state index contributed by atoms with van der Waals surface area (Å²) in [6, 6.07) is -0.0520. The molecule has 0 N–H and O–H groups in total. The second-order valence-electron chi connectivity index (χ2n) is 6.69. The summed E-state index contributed by atoms with van der Waals surface area (Å²) in [6.07, 6.45) is 5.45. The summed E-state index contributed by atoms with van der Waals surface area (Å²) in [5.41, 5.74) is 0. The molecule has 3 saturated heterocycles. The number of aromatic nitrogens is 2. The smallest absolute Gasteiger partial charge is 0.245 e. The summed E-state index contributed by atoms with van der Waals surface area (Å²) in [5, 5.41) is 0. The number of hydrogen-bond donors (Lipinski definition) is 0. The van der Waals surface area contributed by atoms with Gasteiger partial charge in [0.2, 0.25) is 11.9 Å². The minimum absolute atomic E-state index is 0.134. The highest BCUT2D eigenvalue weighted by Gasteiger charge is 2.41. The quantitative estimate of drug-likeness (QED) is 0.825. The minimum atomic E-state index is -0.380. The molecule has 124 valence electrons. The first kappa shape index (κ1) is 14.7. The Morgan fingerprint density at radius 2 is 1.96 bits per heavy atom.